The van der Waals surface area contributed by atoms with Gasteiger partial charge in [0.05, 0.1) is 6.26 Å². The van der Waals surface area contributed by atoms with Gasteiger partial charge in [0.2, 0.25) is 0 Å². The van der Waals surface area contributed by atoms with Crippen molar-refractivity contribution in [2.45, 2.75) is 5.09 Å². The maximum Gasteiger partial charge on any atom is 0.197 e. The van der Waals surface area contributed by atoms with E-state index in [0.717, 1.165) is 0 Å². The van der Waals surface area contributed by atoms with Crippen molar-refractivity contribution in [3.63, 3.8) is 0 Å². The van der Waals surface area contributed by atoms with E-state index >= 15 is 0 Å². The van der Waals surface area contributed by atoms with E-state index in [1.54, 1.807) is 6.07 Å². The molecule has 4 heteroatoms. The smallest absolute Gasteiger partial charge is 0.197 e. The van der Waals surface area contributed by atoms with Crippen LogP contribution in [-0.2, 0) is 9.73 Å². The molecule has 1 heterocycles. The molecule has 50 valence electrons. The van der Waals surface area contributed by atoms with Crippen LogP contribution in [0.3, 0.4) is 0 Å². The monoisotopic (exact) mass is 145 g/mol. The molecule has 1 N–H and O–H groups in total. The summed E-state index contributed by atoms with van der Waals surface area (Å²) in [5.74, 6) is 0. The summed E-state index contributed by atoms with van der Waals surface area (Å²) in [6.07, 6.45) is 2.73. The number of furan rings is 1. The third kappa shape index (κ3) is 1.32. The molecule has 3 nitrogen and oxygen atoms in total. The van der Waals surface area contributed by atoms with Gasteiger partial charge in [-0.2, -0.15) is 0 Å². The Morgan fingerprint density at radius 1 is 1.78 bits per heavy atom. The highest BCUT2D eigenvalue weighted by Gasteiger charge is 2.03. The van der Waals surface area contributed by atoms with Crippen LogP contribution in [0.2, 0.25) is 0 Å². The van der Waals surface area contributed by atoms with E-state index < -0.39 is 9.73 Å². The molecule has 0 amide bonds. The molecule has 0 aliphatic carbocycles. The van der Waals surface area contributed by atoms with Gasteiger partial charge in [-0.05, 0) is 12.1 Å². The zero-order chi connectivity index (χ0) is 6.91. The van der Waals surface area contributed by atoms with E-state index in [2.05, 4.69) is 0 Å². The summed E-state index contributed by atoms with van der Waals surface area (Å²) in [4.78, 5) is 0. The topological polar surface area (TPSA) is 54.1 Å². The second-order valence-electron chi connectivity index (χ2n) is 1.78. The lowest BCUT2D eigenvalue weighted by molar-refractivity contribution is 0.463. The van der Waals surface area contributed by atoms with Crippen LogP contribution in [-0.4, -0.2) is 10.5 Å². The molecule has 0 saturated heterocycles. The fourth-order valence-corrected chi connectivity index (χ4v) is 1.06. The van der Waals surface area contributed by atoms with Gasteiger partial charge in [-0.25, -0.2) is 8.99 Å². The van der Waals surface area contributed by atoms with Crippen molar-refractivity contribution < 1.29 is 8.63 Å². The lowest BCUT2D eigenvalue weighted by Crippen LogP contribution is -1.90. The van der Waals surface area contributed by atoms with E-state index in [1.165, 1.54) is 18.6 Å². The van der Waals surface area contributed by atoms with Crippen molar-refractivity contribution in [3.8, 4) is 0 Å². The molecule has 1 rings (SSSR count). The lowest BCUT2D eigenvalue weighted by atomic mass is 10.7. The van der Waals surface area contributed by atoms with Gasteiger partial charge in [0.15, 0.2) is 5.09 Å². The summed E-state index contributed by atoms with van der Waals surface area (Å²) in [6.45, 7) is 0. The van der Waals surface area contributed by atoms with Crippen molar-refractivity contribution in [1.82, 2.24) is 0 Å². The van der Waals surface area contributed by atoms with Crippen LogP contribution in [0, 0.1) is 4.78 Å². The first-order valence-electron chi connectivity index (χ1n) is 2.38. The van der Waals surface area contributed by atoms with Gasteiger partial charge in [-0.1, -0.05) is 0 Å². The van der Waals surface area contributed by atoms with Crippen LogP contribution in [0.1, 0.15) is 0 Å². The zero-order valence-electron chi connectivity index (χ0n) is 4.96. The fraction of sp³-hybridized carbons (Fsp3) is 0.200. The van der Waals surface area contributed by atoms with Crippen molar-refractivity contribution in [2.24, 2.45) is 0 Å². The summed E-state index contributed by atoms with van der Waals surface area (Å²) < 4.78 is 22.6. The Hall–Kier alpha value is -0.770. The molecule has 1 aromatic heterocycles. The fourth-order valence-electron chi connectivity index (χ4n) is 0.485. The molecule has 0 radical (unpaired) electrons. The Bertz CT molecular complexity index is 272. The molecule has 1 aromatic rings. The predicted octanol–water partition coefficient (Wildman–Crippen LogP) is 1.32. The van der Waals surface area contributed by atoms with Crippen LogP contribution in [0.15, 0.2) is 27.9 Å². The van der Waals surface area contributed by atoms with Crippen LogP contribution in [0.25, 0.3) is 0 Å². The molecule has 0 aliphatic heterocycles. The normalized spacial score (nSPS) is 17.0. The minimum Gasteiger partial charge on any atom is -0.455 e. The van der Waals surface area contributed by atoms with Gasteiger partial charge in [-0.3, -0.25) is 0 Å². The van der Waals surface area contributed by atoms with Gasteiger partial charge >= 0.3 is 0 Å². The molecule has 1 atom stereocenters. The summed E-state index contributed by atoms with van der Waals surface area (Å²) in [6, 6.07) is 3.16. The average Bonchev–Trinajstić information content (AvgIpc) is 2.08. The Kier molecular flexibility index (Phi) is 1.32. The molecule has 0 bridgehead atoms. The van der Waals surface area contributed by atoms with Crippen LogP contribution in [0.4, 0.5) is 0 Å². The van der Waals surface area contributed by atoms with Gasteiger partial charge < -0.3 is 4.42 Å². The van der Waals surface area contributed by atoms with Crippen molar-refractivity contribution in [2.75, 3.05) is 6.26 Å². The lowest BCUT2D eigenvalue weighted by Gasteiger charge is -1.90. The minimum absolute atomic E-state index is 0.238. The third-order valence-electron chi connectivity index (χ3n) is 0.879. The van der Waals surface area contributed by atoms with Gasteiger partial charge in [0, 0.05) is 6.26 Å². The average molecular weight is 145 g/mol. The summed E-state index contributed by atoms with van der Waals surface area (Å²) in [5.41, 5.74) is 0. The van der Waals surface area contributed by atoms with Gasteiger partial charge in [-0.15, -0.1) is 0 Å². The molecule has 0 saturated carbocycles. The molecule has 9 heavy (non-hydrogen) atoms. The third-order valence-corrected chi connectivity index (χ3v) is 1.88. The molecule has 1 unspecified atom stereocenters. The molecule has 0 aromatic carbocycles. The van der Waals surface area contributed by atoms with E-state index in [0.29, 0.717) is 0 Å². The van der Waals surface area contributed by atoms with E-state index in [4.69, 9.17) is 9.20 Å². The van der Waals surface area contributed by atoms with Crippen LogP contribution < -0.4 is 0 Å². The second kappa shape index (κ2) is 1.88. The summed E-state index contributed by atoms with van der Waals surface area (Å²) in [5, 5.41) is 0.238. The highest BCUT2D eigenvalue weighted by Crippen LogP contribution is 2.07. The molecular weight excluding hydrogens is 138 g/mol. The van der Waals surface area contributed by atoms with Gasteiger partial charge in [0.1, 0.15) is 9.73 Å². The van der Waals surface area contributed by atoms with E-state index in [9.17, 15) is 4.21 Å². The van der Waals surface area contributed by atoms with Crippen molar-refractivity contribution >= 4 is 9.73 Å². The first-order chi connectivity index (χ1) is 4.11. The van der Waals surface area contributed by atoms with Crippen LogP contribution in [0.5, 0.6) is 0 Å². The summed E-state index contributed by atoms with van der Waals surface area (Å²) in [7, 11) is -2.63. The largest absolute Gasteiger partial charge is 0.455 e. The number of rotatable bonds is 1. The molecule has 0 fully saturated rings. The van der Waals surface area contributed by atoms with Crippen LogP contribution >= 0.6 is 0 Å². The Morgan fingerprint density at radius 2 is 2.44 bits per heavy atom. The zero-order valence-corrected chi connectivity index (χ0v) is 5.77. The highest BCUT2D eigenvalue weighted by atomic mass is 32.2. The van der Waals surface area contributed by atoms with Crippen molar-refractivity contribution in [3.05, 3.63) is 18.4 Å². The maximum atomic E-state index is 10.8. The first-order valence-corrected chi connectivity index (χ1v) is 4.34. The highest BCUT2D eigenvalue weighted by molar-refractivity contribution is 7.91. The predicted molar refractivity (Wildman–Crippen MR) is 33.8 cm³/mol. The standard InChI is InChI=1S/C5H7NO2S/c1-9(6,7)5-3-2-4-8-5/h2-4,6H,1H3. The first kappa shape index (κ1) is 6.35. The van der Waals surface area contributed by atoms with Gasteiger partial charge in [0.25, 0.3) is 0 Å². The molecular formula is C5H7NO2S. The number of hydrogen-bond donors (Lipinski definition) is 1. The Balaban J connectivity index is 3.20. The summed E-state index contributed by atoms with van der Waals surface area (Å²) >= 11 is 0. The molecule has 0 aliphatic rings. The Morgan fingerprint density at radius 3 is 2.67 bits per heavy atom. The quantitative estimate of drug-likeness (QED) is 0.647. The van der Waals surface area contributed by atoms with E-state index in [1.807, 2.05) is 0 Å². The minimum atomic E-state index is -2.63. The number of hydrogen-bond acceptors (Lipinski definition) is 3. The maximum absolute atomic E-state index is 10.8. The molecule has 0 spiro atoms. The Labute approximate surface area is 53.7 Å². The SMILES string of the molecule is CS(=N)(=O)c1ccco1. The van der Waals surface area contributed by atoms with E-state index in [-0.39, 0.29) is 5.09 Å². The number of nitrogens with one attached hydrogen (secondary N) is 1. The van der Waals surface area contributed by atoms with Crippen molar-refractivity contribution in [1.29, 1.82) is 4.78 Å². The second-order valence-corrected chi connectivity index (χ2v) is 3.87.